The zero-order valence-corrected chi connectivity index (χ0v) is 11.5. The average molecular weight is 273 g/mol. The van der Waals surface area contributed by atoms with Crippen molar-refractivity contribution >= 4 is 11.3 Å². The molecule has 0 saturated heterocycles. The summed E-state index contributed by atoms with van der Waals surface area (Å²) < 4.78 is 10.8. The van der Waals surface area contributed by atoms with Crippen LogP contribution in [0.3, 0.4) is 0 Å². The molecular formula is C15H15NO2S. The molecule has 19 heavy (non-hydrogen) atoms. The molecule has 0 amide bonds. The molecule has 0 saturated carbocycles. The molecule has 2 rings (SSSR count). The summed E-state index contributed by atoms with van der Waals surface area (Å²) in [6, 6.07) is 9.51. The van der Waals surface area contributed by atoms with E-state index in [1.54, 1.807) is 18.4 Å². The summed E-state index contributed by atoms with van der Waals surface area (Å²) in [6.07, 6.45) is 0. The molecule has 4 heteroatoms. The number of rotatable bonds is 4. The highest BCUT2D eigenvalue weighted by atomic mass is 32.1. The lowest BCUT2D eigenvalue weighted by atomic mass is 10.2. The van der Waals surface area contributed by atoms with Gasteiger partial charge in [-0.15, -0.1) is 11.3 Å². The molecule has 0 aliphatic carbocycles. The summed E-state index contributed by atoms with van der Waals surface area (Å²) in [4.78, 5) is 1.11. The van der Waals surface area contributed by atoms with E-state index in [1.807, 2.05) is 35.7 Å². The van der Waals surface area contributed by atoms with Crippen molar-refractivity contribution in [3.05, 3.63) is 46.2 Å². The second-order valence-corrected chi connectivity index (χ2v) is 4.73. The Kier molecular flexibility index (Phi) is 4.85. The average Bonchev–Trinajstić information content (AvgIpc) is 2.91. The van der Waals surface area contributed by atoms with Gasteiger partial charge in [0.2, 0.25) is 0 Å². The number of hydrogen-bond donors (Lipinski definition) is 1. The van der Waals surface area contributed by atoms with E-state index in [2.05, 4.69) is 11.8 Å². The highest BCUT2D eigenvalue weighted by Gasteiger charge is 2.03. The fraction of sp³-hybridized carbons (Fsp3) is 0.200. The summed E-state index contributed by atoms with van der Waals surface area (Å²) in [5.74, 6) is 7.53. The quantitative estimate of drug-likeness (QED) is 0.871. The first kappa shape index (κ1) is 13.5. The summed E-state index contributed by atoms with van der Waals surface area (Å²) in [5.41, 5.74) is 6.36. The molecule has 0 atom stereocenters. The zero-order valence-electron chi connectivity index (χ0n) is 10.7. The molecule has 0 spiro atoms. The van der Waals surface area contributed by atoms with Crippen molar-refractivity contribution in [3.8, 4) is 23.3 Å². The van der Waals surface area contributed by atoms with E-state index in [4.69, 9.17) is 15.2 Å². The second kappa shape index (κ2) is 6.83. The van der Waals surface area contributed by atoms with Gasteiger partial charge in [0.05, 0.1) is 18.5 Å². The number of benzene rings is 1. The van der Waals surface area contributed by atoms with Crippen molar-refractivity contribution in [1.29, 1.82) is 0 Å². The van der Waals surface area contributed by atoms with Crippen LogP contribution in [0.4, 0.5) is 0 Å². The molecule has 1 heterocycles. The van der Waals surface area contributed by atoms with Crippen LogP contribution < -0.4 is 15.2 Å². The third kappa shape index (κ3) is 3.75. The van der Waals surface area contributed by atoms with Gasteiger partial charge in [0, 0.05) is 5.56 Å². The van der Waals surface area contributed by atoms with Gasteiger partial charge in [-0.2, -0.15) is 0 Å². The van der Waals surface area contributed by atoms with Gasteiger partial charge in [-0.05, 0) is 35.7 Å². The van der Waals surface area contributed by atoms with Crippen LogP contribution in [0, 0.1) is 11.8 Å². The van der Waals surface area contributed by atoms with Crippen LogP contribution >= 0.6 is 11.3 Å². The standard InChI is InChI=1S/C15H15NO2S/c1-17-13-4-6-14(7-5-13)18-11-15-12(3-2-9-16)8-10-19-15/h4-8,10H,9,11,16H2,1H3. The molecule has 3 nitrogen and oxygen atoms in total. The van der Waals surface area contributed by atoms with Gasteiger partial charge >= 0.3 is 0 Å². The van der Waals surface area contributed by atoms with Gasteiger partial charge in [-0.3, -0.25) is 0 Å². The van der Waals surface area contributed by atoms with Crippen LogP contribution in [-0.2, 0) is 6.61 Å². The number of nitrogens with two attached hydrogens (primary N) is 1. The molecule has 0 bridgehead atoms. The highest BCUT2D eigenvalue weighted by Crippen LogP contribution is 2.21. The van der Waals surface area contributed by atoms with Crippen molar-refractivity contribution in [1.82, 2.24) is 0 Å². The minimum atomic E-state index is 0.370. The number of hydrogen-bond acceptors (Lipinski definition) is 4. The predicted molar refractivity (Wildman–Crippen MR) is 77.6 cm³/mol. The van der Waals surface area contributed by atoms with Crippen LogP contribution in [0.2, 0.25) is 0 Å². The maximum Gasteiger partial charge on any atom is 0.124 e. The van der Waals surface area contributed by atoms with E-state index in [-0.39, 0.29) is 0 Å². The van der Waals surface area contributed by atoms with E-state index >= 15 is 0 Å². The molecule has 0 fully saturated rings. The molecular weight excluding hydrogens is 258 g/mol. The van der Waals surface area contributed by atoms with Crippen molar-refractivity contribution in [2.75, 3.05) is 13.7 Å². The number of ether oxygens (including phenoxy) is 2. The molecule has 2 aromatic rings. The Labute approximate surface area is 117 Å². The largest absolute Gasteiger partial charge is 0.497 e. The lowest BCUT2D eigenvalue weighted by Crippen LogP contribution is -1.96. The van der Waals surface area contributed by atoms with Crippen LogP contribution in [0.15, 0.2) is 35.7 Å². The maximum absolute atomic E-state index is 5.73. The summed E-state index contributed by atoms with van der Waals surface area (Å²) in [5, 5.41) is 2.01. The maximum atomic E-state index is 5.73. The smallest absolute Gasteiger partial charge is 0.124 e. The first-order chi connectivity index (χ1) is 9.33. The summed E-state index contributed by atoms with van der Waals surface area (Å²) in [6.45, 7) is 0.882. The molecule has 1 aromatic heterocycles. The summed E-state index contributed by atoms with van der Waals surface area (Å²) >= 11 is 1.63. The first-order valence-corrected chi connectivity index (χ1v) is 6.73. The molecule has 0 unspecified atom stereocenters. The van der Waals surface area contributed by atoms with E-state index in [0.717, 1.165) is 21.9 Å². The normalized spacial score (nSPS) is 9.58. The predicted octanol–water partition coefficient (Wildman–Crippen LogP) is 2.65. The third-order valence-electron chi connectivity index (χ3n) is 2.50. The lowest BCUT2D eigenvalue weighted by molar-refractivity contribution is 0.309. The minimum Gasteiger partial charge on any atom is -0.497 e. The molecule has 98 valence electrons. The van der Waals surface area contributed by atoms with E-state index < -0.39 is 0 Å². The van der Waals surface area contributed by atoms with Gasteiger partial charge in [-0.1, -0.05) is 11.8 Å². The monoisotopic (exact) mass is 273 g/mol. The molecule has 2 N–H and O–H groups in total. The first-order valence-electron chi connectivity index (χ1n) is 5.85. The van der Waals surface area contributed by atoms with Crippen LogP contribution in [-0.4, -0.2) is 13.7 Å². The summed E-state index contributed by atoms with van der Waals surface area (Å²) in [7, 11) is 1.64. The number of thiophene rings is 1. The Morgan fingerprint density at radius 3 is 2.58 bits per heavy atom. The molecule has 0 aliphatic heterocycles. The third-order valence-corrected chi connectivity index (χ3v) is 3.39. The molecule has 1 aromatic carbocycles. The van der Waals surface area contributed by atoms with E-state index in [0.29, 0.717) is 13.2 Å². The van der Waals surface area contributed by atoms with Crippen LogP contribution in [0.5, 0.6) is 11.5 Å². The number of methoxy groups -OCH3 is 1. The topological polar surface area (TPSA) is 44.5 Å². The Morgan fingerprint density at radius 1 is 1.16 bits per heavy atom. The van der Waals surface area contributed by atoms with Crippen LogP contribution in [0.25, 0.3) is 0 Å². The molecule has 0 radical (unpaired) electrons. The van der Waals surface area contributed by atoms with Gasteiger partial charge in [0.15, 0.2) is 0 Å². The lowest BCUT2D eigenvalue weighted by Gasteiger charge is -2.06. The fourth-order valence-corrected chi connectivity index (χ4v) is 2.27. The highest BCUT2D eigenvalue weighted by molar-refractivity contribution is 7.10. The minimum absolute atomic E-state index is 0.370. The van der Waals surface area contributed by atoms with Crippen molar-refractivity contribution in [2.24, 2.45) is 5.73 Å². The van der Waals surface area contributed by atoms with Gasteiger partial charge < -0.3 is 15.2 Å². The molecule has 0 aliphatic rings. The van der Waals surface area contributed by atoms with Gasteiger partial charge in [0.1, 0.15) is 18.1 Å². The Hall–Kier alpha value is -1.96. The Balaban J connectivity index is 2.00. The van der Waals surface area contributed by atoms with Crippen molar-refractivity contribution in [3.63, 3.8) is 0 Å². The SMILES string of the molecule is COc1ccc(OCc2sccc2C#CCN)cc1. The van der Waals surface area contributed by atoms with Gasteiger partial charge in [0.25, 0.3) is 0 Å². The van der Waals surface area contributed by atoms with E-state index in [1.165, 1.54) is 0 Å². The van der Waals surface area contributed by atoms with Crippen LogP contribution in [0.1, 0.15) is 10.4 Å². The van der Waals surface area contributed by atoms with Crippen molar-refractivity contribution < 1.29 is 9.47 Å². The Bertz CT molecular complexity index is 578. The second-order valence-electron chi connectivity index (χ2n) is 3.73. The van der Waals surface area contributed by atoms with Crippen molar-refractivity contribution in [2.45, 2.75) is 6.61 Å². The fourth-order valence-electron chi connectivity index (χ4n) is 1.53. The van der Waals surface area contributed by atoms with E-state index in [9.17, 15) is 0 Å². The van der Waals surface area contributed by atoms with Gasteiger partial charge in [-0.25, -0.2) is 0 Å². The zero-order chi connectivity index (χ0) is 13.5. The Morgan fingerprint density at radius 2 is 1.89 bits per heavy atom.